The van der Waals surface area contributed by atoms with Crippen LogP contribution in [0, 0.1) is 18.6 Å². The lowest BCUT2D eigenvalue weighted by atomic mass is 9.95. The fourth-order valence-corrected chi connectivity index (χ4v) is 3.89. The highest BCUT2D eigenvalue weighted by atomic mass is 35.5. The molecule has 0 aliphatic rings. The molecule has 1 aromatic heterocycles. The van der Waals surface area contributed by atoms with Crippen LogP contribution in [0.15, 0.2) is 54.9 Å². The number of alkyl halides is 3. The first-order chi connectivity index (χ1) is 17.0. The van der Waals surface area contributed by atoms with E-state index in [0.29, 0.717) is 22.7 Å². The number of nitrogens with one attached hydrogen (secondary N) is 2. The second-order valence-corrected chi connectivity index (χ2v) is 8.11. The van der Waals surface area contributed by atoms with Crippen LogP contribution in [0.3, 0.4) is 0 Å². The normalized spacial score (nSPS) is 12.4. The summed E-state index contributed by atoms with van der Waals surface area (Å²) in [5.41, 5.74) is -1.10. The second-order valence-electron chi connectivity index (χ2n) is 7.70. The Morgan fingerprint density at radius 3 is 2.47 bits per heavy atom. The first-order valence-corrected chi connectivity index (χ1v) is 10.7. The third kappa shape index (κ3) is 4.93. The summed E-state index contributed by atoms with van der Waals surface area (Å²) < 4.78 is 69.0. The number of anilines is 2. The van der Waals surface area contributed by atoms with Crippen molar-refractivity contribution >= 4 is 40.0 Å². The maximum Gasteiger partial charge on any atom is 0.417 e. The molecule has 0 aliphatic carbocycles. The van der Waals surface area contributed by atoms with E-state index >= 15 is 4.39 Å². The summed E-state index contributed by atoms with van der Waals surface area (Å²) >= 11 is 5.56. The number of urea groups is 1. The number of benzene rings is 3. The quantitative estimate of drug-likeness (QED) is 0.263. The lowest BCUT2D eigenvalue weighted by Crippen LogP contribution is -2.21. The summed E-state index contributed by atoms with van der Waals surface area (Å²) in [6.45, 7) is 1.61. The van der Waals surface area contributed by atoms with Crippen molar-refractivity contribution in [2.45, 2.75) is 19.2 Å². The predicted molar refractivity (Wildman–Crippen MR) is 124 cm³/mol. The number of aliphatic hydroxyl groups is 1. The summed E-state index contributed by atoms with van der Waals surface area (Å²) in [5, 5.41) is 14.5. The SMILES string of the molecule is Cc1c(C(O)c2c(F)ccc(NC(=O)Nc3ccc(Cl)c(C(F)(F)F)c3)c2F)ccc2nccnc12. The van der Waals surface area contributed by atoms with Gasteiger partial charge in [0.15, 0.2) is 5.82 Å². The molecule has 0 aliphatic heterocycles. The summed E-state index contributed by atoms with van der Waals surface area (Å²) in [5.74, 6) is -2.33. The Morgan fingerprint density at radius 1 is 1.03 bits per heavy atom. The molecule has 36 heavy (non-hydrogen) atoms. The van der Waals surface area contributed by atoms with Crippen molar-refractivity contribution in [3.05, 3.63) is 93.8 Å². The number of aryl methyl sites for hydroxylation is 1. The van der Waals surface area contributed by atoms with Crippen molar-refractivity contribution in [1.82, 2.24) is 9.97 Å². The monoisotopic (exact) mass is 522 g/mol. The van der Waals surface area contributed by atoms with Crippen molar-refractivity contribution in [2.75, 3.05) is 10.6 Å². The van der Waals surface area contributed by atoms with E-state index in [4.69, 9.17) is 11.6 Å². The van der Waals surface area contributed by atoms with Crippen molar-refractivity contribution in [3.63, 3.8) is 0 Å². The molecular weight excluding hydrogens is 507 g/mol. The van der Waals surface area contributed by atoms with Crippen molar-refractivity contribution in [3.8, 4) is 0 Å². The van der Waals surface area contributed by atoms with E-state index in [2.05, 4.69) is 20.6 Å². The molecule has 1 heterocycles. The van der Waals surface area contributed by atoms with Gasteiger partial charge in [-0.05, 0) is 54.4 Å². The predicted octanol–water partition coefficient (Wildman–Crippen LogP) is 6.61. The number of amides is 2. The Balaban J connectivity index is 1.61. The summed E-state index contributed by atoms with van der Waals surface area (Å²) in [7, 11) is 0. The number of aliphatic hydroxyl groups excluding tert-OH is 1. The topological polar surface area (TPSA) is 87.1 Å². The van der Waals surface area contributed by atoms with Gasteiger partial charge < -0.3 is 15.7 Å². The zero-order valence-electron chi connectivity index (χ0n) is 18.3. The smallest absolute Gasteiger partial charge is 0.383 e. The fraction of sp³-hybridized carbons (Fsp3) is 0.125. The van der Waals surface area contributed by atoms with Crippen LogP contribution in [0.4, 0.5) is 38.1 Å². The van der Waals surface area contributed by atoms with Gasteiger partial charge in [-0.3, -0.25) is 9.97 Å². The van der Waals surface area contributed by atoms with Crippen LogP contribution in [0.1, 0.15) is 28.4 Å². The molecule has 186 valence electrons. The Kier molecular flexibility index (Phi) is 6.79. The minimum atomic E-state index is -4.76. The Hall–Kier alpha value is -3.83. The molecule has 4 rings (SSSR count). The molecule has 2 amide bonds. The first kappa shape index (κ1) is 25.3. The average Bonchev–Trinajstić information content (AvgIpc) is 2.82. The minimum absolute atomic E-state index is 0.170. The standard InChI is InChI=1S/C24H16ClF5N4O2/c1-11-13(3-6-18-21(11)32-9-8-31-18)22(35)19-16(26)5-7-17(20(19)27)34-23(36)33-12-2-4-15(25)14(10-12)24(28,29)30/h2-10,22,35H,1H3,(H2,33,34,36). The number of aromatic nitrogens is 2. The van der Waals surface area contributed by atoms with Gasteiger partial charge >= 0.3 is 12.2 Å². The van der Waals surface area contributed by atoms with Gasteiger partial charge in [-0.1, -0.05) is 17.7 Å². The van der Waals surface area contributed by atoms with E-state index in [9.17, 15) is 27.5 Å². The number of fused-ring (bicyclic) bond motifs is 1. The molecule has 0 bridgehead atoms. The number of halogens is 6. The molecule has 0 saturated heterocycles. The van der Waals surface area contributed by atoms with E-state index in [-0.39, 0.29) is 11.3 Å². The second kappa shape index (κ2) is 9.67. The van der Waals surface area contributed by atoms with Gasteiger partial charge in [0.25, 0.3) is 0 Å². The number of nitrogens with zero attached hydrogens (tertiary/aromatic N) is 2. The Morgan fingerprint density at radius 2 is 1.75 bits per heavy atom. The van der Waals surface area contributed by atoms with Crippen LogP contribution in [-0.2, 0) is 6.18 Å². The van der Waals surface area contributed by atoms with Crippen LogP contribution in [0.2, 0.25) is 5.02 Å². The molecule has 12 heteroatoms. The fourth-order valence-electron chi connectivity index (χ4n) is 3.66. The van der Waals surface area contributed by atoms with E-state index < -0.39 is 51.8 Å². The van der Waals surface area contributed by atoms with Crippen LogP contribution in [0.5, 0.6) is 0 Å². The molecule has 4 aromatic rings. The number of hydrogen-bond donors (Lipinski definition) is 3. The summed E-state index contributed by atoms with van der Waals surface area (Å²) in [4.78, 5) is 20.7. The lowest BCUT2D eigenvalue weighted by Gasteiger charge is -2.18. The molecule has 0 saturated carbocycles. The number of carbonyl (C=O) groups excluding carboxylic acids is 1. The van der Waals surface area contributed by atoms with Gasteiger partial charge in [0.05, 0.1) is 32.9 Å². The number of rotatable bonds is 4. The largest absolute Gasteiger partial charge is 0.417 e. The van der Waals surface area contributed by atoms with Crippen molar-refractivity contribution in [1.29, 1.82) is 0 Å². The van der Waals surface area contributed by atoms with Gasteiger partial charge in [0.2, 0.25) is 0 Å². The molecule has 0 radical (unpaired) electrons. The Bertz CT molecular complexity index is 1480. The van der Waals surface area contributed by atoms with Gasteiger partial charge in [-0.15, -0.1) is 0 Å². The maximum absolute atomic E-state index is 15.3. The summed E-state index contributed by atoms with van der Waals surface area (Å²) in [6.07, 6.45) is -3.60. The molecule has 1 atom stereocenters. The molecule has 0 spiro atoms. The van der Waals surface area contributed by atoms with E-state index in [1.54, 1.807) is 13.0 Å². The average molecular weight is 523 g/mol. The van der Waals surface area contributed by atoms with Crippen LogP contribution in [0.25, 0.3) is 11.0 Å². The van der Waals surface area contributed by atoms with Crippen LogP contribution in [-0.4, -0.2) is 21.1 Å². The molecule has 0 fully saturated rings. The summed E-state index contributed by atoms with van der Waals surface area (Å²) in [6, 6.07) is 6.35. The highest BCUT2D eigenvalue weighted by Gasteiger charge is 2.33. The third-order valence-electron chi connectivity index (χ3n) is 5.41. The number of hydrogen-bond acceptors (Lipinski definition) is 4. The maximum atomic E-state index is 15.3. The van der Waals surface area contributed by atoms with Gasteiger partial charge in [0, 0.05) is 18.1 Å². The van der Waals surface area contributed by atoms with E-state index in [0.717, 1.165) is 24.3 Å². The molecule has 6 nitrogen and oxygen atoms in total. The van der Waals surface area contributed by atoms with E-state index in [1.807, 2.05) is 0 Å². The molecule has 3 N–H and O–H groups in total. The number of carbonyl (C=O) groups is 1. The lowest BCUT2D eigenvalue weighted by molar-refractivity contribution is -0.137. The van der Waals surface area contributed by atoms with Crippen molar-refractivity contribution < 1.29 is 31.9 Å². The van der Waals surface area contributed by atoms with Crippen molar-refractivity contribution in [2.24, 2.45) is 0 Å². The Labute approximate surface area is 205 Å². The van der Waals surface area contributed by atoms with Crippen LogP contribution >= 0.6 is 11.6 Å². The third-order valence-corrected chi connectivity index (χ3v) is 5.74. The van der Waals surface area contributed by atoms with Gasteiger partial charge in [-0.2, -0.15) is 13.2 Å². The zero-order valence-corrected chi connectivity index (χ0v) is 19.0. The minimum Gasteiger partial charge on any atom is -0.383 e. The van der Waals surface area contributed by atoms with Gasteiger partial charge in [-0.25, -0.2) is 13.6 Å². The highest BCUT2D eigenvalue weighted by molar-refractivity contribution is 6.31. The van der Waals surface area contributed by atoms with Gasteiger partial charge in [0.1, 0.15) is 11.9 Å². The van der Waals surface area contributed by atoms with E-state index in [1.165, 1.54) is 18.5 Å². The molecule has 1 unspecified atom stereocenters. The molecular formula is C24H16ClF5N4O2. The zero-order chi connectivity index (χ0) is 26.2. The first-order valence-electron chi connectivity index (χ1n) is 10.3. The molecule has 3 aromatic carbocycles. The highest BCUT2D eigenvalue weighted by Crippen LogP contribution is 2.37. The van der Waals surface area contributed by atoms with Crippen LogP contribution < -0.4 is 10.6 Å².